The predicted molar refractivity (Wildman–Crippen MR) is 128 cm³/mol. The number of rotatable bonds is 7. The van der Waals surface area contributed by atoms with Crippen LogP contribution < -0.4 is 5.56 Å². The van der Waals surface area contributed by atoms with Gasteiger partial charge in [-0.25, -0.2) is 13.2 Å². The lowest BCUT2D eigenvalue weighted by molar-refractivity contribution is 0.0596. The number of sulfonamides is 1. The van der Waals surface area contributed by atoms with Crippen LogP contribution in [0.15, 0.2) is 52.2 Å². The number of carbonyl (C=O) groups is 1. The van der Waals surface area contributed by atoms with Gasteiger partial charge in [-0.2, -0.15) is 4.31 Å². The summed E-state index contributed by atoms with van der Waals surface area (Å²) in [5.41, 5.74) is 2.55. The van der Waals surface area contributed by atoms with Crippen molar-refractivity contribution in [2.75, 3.05) is 20.3 Å². The molecule has 4 rings (SSSR count). The van der Waals surface area contributed by atoms with E-state index in [-0.39, 0.29) is 35.2 Å². The van der Waals surface area contributed by atoms with E-state index in [4.69, 9.17) is 9.47 Å². The number of aromatic nitrogens is 1. The van der Waals surface area contributed by atoms with Crippen molar-refractivity contribution in [2.24, 2.45) is 0 Å². The molecule has 1 N–H and O–H groups in total. The number of carbonyl (C=O) groups excluding carboxylic acids is 1. The van der Waals surface area contributed by atoms with E-state index >= 15 is 0 Å². The highest BCUT2D eigenvalue weighted by atomic mass is 32.2. The van der Waals surface area contributed by atoms with Crippen molar-refractivity contribution in [1.82, 2.24) is 9.29 Å². The molecule has 0 unspecified atom stereocenters. The highest BCUT2D eigenvalue weighted by molar-refractivity contribution is 7.89. The number of ether oxygens (including phenoxy) is 2. The summed E-state index contributed by atoms with van der Waals surface area (Å²) in [6, 6.07) is 11.6. The van der Waals surface area contributed by atoms with Crippen LogP contribution >= 0.6 is 0 Å². The van der Waals surface area contributed by atoms with Crippen molar-refractivity contribution >= 4 is 26.9 Å². The van der Waals surface area contributed by atoms with E-state index in [1.165, 1.54) is 23.5 Å². The van der Waals surface area contributed by atoms with E-state index in [2.05, 4.69) is 4.98 Å². The number of pyridine rings is 1. The molecule has 2 aromatic carbocycles. The van der Waals surface area contributed by atoms with E-state index in [1.807, 2.05) is 26.0 Å². The monoisotopic (exact) mass is 484 g/mol. The molecular formula is C25H28N2O6S. The molecule has 0 saturated carbocycles. The molecule has 1 aliphatic rings. The normalized spacial score (nSPS) is 16.3. The molecule has 0 amide bonds. The molecule has 1 saturated heterocycles. The van der Waals surface area contributed by atoms with Gasteiger partial charge in [-0.05, 0) is 56.0 Å². The fraction of sp³-hybridized carbons (Fsp3) is 0.360. The van der Waals surface area contributed by atoms with Gasteiger partial charge >= 0.3 is 5.97 Å². The van der Waals surface area contributed by atoms with Crippen LogP contribution in [-0.4, -0.2) is 50.0 Å². The number of nitrogens with zero attached hydrogens (tertiary/aromatic N) is 1. The molecule has 9 heteroatoms. The highest BCUT2D eigenvalue weighted by Gasteiger charge is 2.33. The second kappa shape index (κ2) is 9.69. The molecular weight excluding hydrogens is 456 g/mol. The van der Waals surface area contributed by atoms with Crippen LogP contribution in [-0.2, 0) is 26.0 Å². The summed E-state index contributed by atoms with van der Waals surface area (Å²) in [4.78, 5) is 28.0. The van der Waals surface area contributed by atoms with Gasteiger partial charge in [-0.15, -0.1) is 0 Å². The summed E-state index contributed by atoms with van der Waals surface area (Å²) >= 11 is 0. The number of nitrogens with one attached hydrogen (secondary N) is 1. The van der Waals surface area contributed by atoms with Crippen molar-refractivity contribution in [3.05, 3.63) is 75.1 Å². The minimum atomic E-state index is -4.16. The van der Waals surface area contributed by atoms with E-state index in [0.29, 0.717) is 12.2 Å². The second-order valence-corrected chi connectivity index (χ2v) is 10.4. The number of aromatic amines is 1. The fourth-order valence-electron chi connectivity index (χ4n) is 4.30. The number of fused-ring (bicyclic) bond motifs is 1. The molecule has 0 spiro atoms. The summed E-state index contributed by atoms with van der Waals surface area (Å²) in [7, 11) is -2.96. The molecule has 0 aliphatic carbocycles. The lowest BCUT2D eigenvalue weighted by Gasteiger charge is -2.25. The zero-order chi connectivity index (χ0) is 24.5. The number of hydrogen-bond donors (Lipinski definition) is 1. The highest BCUT2D eigenvalue weighted by Crippen LogP contribution is 2.26. The Balaban J connectivity index is 1.80. The molecule has 2 heterocycles. The molecule has 3 aromatic rings. The summed E-state index contributed by atoms with van der Waals surface area (Å²) < 4.78 is 39.3. The molecule has 1 fully saturated rings. The molecule has 1 atom stereocenters. The maximum Gasteiger partial charge on any atom is 0.339 e. The maximum atomic E-state index is 13.8. The Morgan fingerprint density at radius 3 is 2.62 bits per heavy atom. The maximum absolute atomic E-state index is 13.8. The third-order valence-corrected chi connectivity index (χ3v) is 8.08. The quantitative estimate of drug-likeness (QED) is 0.516. The Labute approximate surface area is 198 Å². The third kappa shape index (κ3) is 4.64. The van der Waals surface area contributed by atoms with Gasteiger partial charge in [-0.1, -0.05) is 24.3 Å². The summed E-state index contributed by atoms with van der Waals surface area (Å²) in [6.07, 6.45) is 1.27. The van der Waals surface area contributed by atoms with Crippen molar-refractivity contribution in [3.8, 4) is 0 Å². The van der Waals surface area contributed by atoms with Gasteiger partial charge in [-0.3, -0.25) is 4.79 Å². The van der Waals surface area contributed by atoms with Gasteiger partial charge in [0.2, 0.25) is 10.0 Å². The molecule has 34 heavy (non-hydrogen) atoms. The zero-order valence-electron chi connectivity index (χ0n) is 19.5. The number of aryl methyl sites for hydroxylation is 2. The Morgan fingerprint density at radius 2 is 1.91 bits per heavy atom. The number of esters is 1. The second-order valence-electron chi connectivity index (χ2n) is 8.53. The number of benzene rings is 2. The lowest BCUT2D eigenvalue weighted by Crippen LogP contribution is -2.39. The van der Waals surface area contributed by atoms with E-state index < -0.39 is 16.0 Å². The van der Waals surface area contributed by atoms with Crippen LogP contribution in [0.3, 0.4) is 0 Å². The van der Waals surface area contributed by atoms with Crippen molar-refractivity contribution in [1.29, 1.82) is 0 Å². The largest absolute Gasteiger partial charge is 0.465 e. The molecule has 180 valence electrons. The van der Waals surface area contributed by atoms with Crippen LogP contribution in [0.2, 0.25) is 0 Å². The number of methoxy groups -OCH3 is 1. The minimum Gasteiger partial charge on any atom is -0.465 e. The first-order chi connectivity index (χ1) is 16.2. The van der Waals surface area contributed by atoms with Gasteiger partial charge in [0.1, 0.15) is 0 Å². The van der Waals surface area contributed by atoms with Gasteiger partial charge in [0, 0.05) is 30.6 Å². The van der Waals surface area contributed by atoms with Crippen molar-refractivity contribution in [3.63, 3.8) is 0 Å². The van der Waals surface area contributed by atoms with Crippen LogP contribution in [0.1, 0.15) is 39.9 Å². The number of H-pyrrole nitrogens is 1. The molecule has 1 aromatic heterocycles. The summed E-state index contributed by atoms with van der Waals surface area (Å²) in [5, 5.41) is 0.860. The zero-order valence-corrected chi connectivity index (χ0v) is 20.3. The SMILES string of the molecule is COC(=O)c1ccccc1S(=O)(=O)N(Cc1cc2c(C)ccc(C)c2[nH]c1=O)C[C@H]1CCCO1. The fourth-order valence-corrected chi connectivity index (χ4v) is 5.93. The Hall–Kier alpha value is -3.01. The first-order valence-electron chi connectivity index (χ1n) is 11.1. The van der Waals surface area contributed by atoms with Crippen molar-refractivity contribution < 1.29 is 22.7 Å². The van der Waals surface area contributed by atoms with Gasteiger partial charge < -0.3 is 14.5 Å². The molecule has 0 radical (unpaired) electrons. The molecule has 1 aliphatic heterocycles. The van der Waals surface area contributed by atoms with Gasteiger partial charge in [0.25, 0.3) is 5.56 Å². The predicted octanol–water partition coefficient (Wildman–Crippen LogP) is 3.30. The Morgan fingerprint density at radius 1 is 1.18 bits per heavy atom. The smallest absolute Gasteiger partial charge is 0.339 e. The number of hydrogen-bond acceptors (Lipinski definition) is 6. The average molecular weight is 485 g/mol. The van der Waals surface area contributed by atoms with Crippen LogP contribution in [0.25, 0.3) is 10.9 Å². The third-order valence-electron chi connectivity index (χ3n) is 6.21. The van der Waals surface area contributed by atoms with Crippen LogP contribution in [0, 0.1) is 13.8 Å². The van der Waals surface area contributed by atoms with Crippen LogP contribution in [0.4, 0.5) is 0 Å². The topological polar surface area (TPSA) is 106 Å². The Bertz CT molecular complexity index is 1390. The minimum absolute atomic E-state index is 0.0544. The standard InChI is InChI=1S/C25H28N2O6S/c1-16-10-11-17(2)23-21(16)13-18(24(28)26-23)14-27(15-19-7-6-12-33-19)34(30,31)22-9-5-4-8-20(22)25(29)32-3/h4-5,8-11,13,19H,6-7,12,14-15H2,1-3H3,(H,26,28)/t19-/m1/s1. The van der Waals surface area contributed by atoms with Crippen LogP contribution in [0.5, 0.6) is 0 Å². The first kappa shape index (κ1) is 24.1. The van der Waals surface area contributed by atoms with Crippen molar-refractivity contribution in [2.45, 2.75) is 44.2 Å². The average Bonchev–Trinajstić information content (AvgIpc) is 3.34. The first-order valence-corrected chi connectivity index (χ1v) is 12.6. The van der Waals surface area contributed by atoms with Gasteiger partial charge in [0.05, 0.1) is 29.2 Å². The van der Waals surface area contributed by atoms with E-state index in [9.17, 15) is 18.0 Å². The Kier molecular flexibility index (Phi) is 6.88. The van der Waals surface area contributed by atoms with E-state index in [0.717, 1.165) is 34.9 Å². The van der Waals surface area contributed by atoms with E-state index in [1.54, 1.807) is 18.2 Å². The lowest BCUT2D eigenvalue weighted by atomic mass is 10.0. The summed E-state index contributed by atoms with van der Waals surface area (Å²) in [6.45, 7) is 4.33. The van der Waals surface area contributed by atoms with Gasteiger partial charge in [0.15, 0.2) is 0 Å². The molecule has 0 bridgehead atoms. The summed E-state index contributed by atoms with van der Waals surface area (Å²) in [5.74, 6) is -0.745. The molecule has 8 nitrogen and oxygen atoms in total.